The summed E-state index contributed by atoms with van der Waals surface area (Å²) in [6, 6.07) is 1.06. The van der Waals surface area contributed by atoms with E-state index in [-0.39, 0.29) is 5.60 Å². The quantitative estimate of drug-likeness (QED) is 0.724. The maximum atomic E-state index is 10.9. The normalized spacial score (nSPS) is 43.8. The van der Waals surface area contributed by atoms with Crippen LogP contribution < -0.4 is 5.32 Å². The number of hydrogen-bond acceptors (Lipinski definition) is 2. The molecule has 2 N–H and O–H groups in total. The molecule has 4 atom stereocenters. The Kier molecular flexibility index (Phi) is 3.99. The third kappa shape index (κ3) is 3.07. The van der Waals surface area contributed by atoms with Gasteiger partial charge in [-0.25, -0.2) is 0 Å². The molecular formula is C19H33NO. The topological polar surface area (TPSA) is 32.3 Å². The maximum absolute atomic E-state index is 10.9. The van der Waals surface area contributed by atoms with Crippen LogP contribution >= 0.6 is 0 Å². The molecule has 0 aromatic heterocycles. The molecule has 0 aliphatic heterocycles. The van der Waals surface area contributed by atoms with Crippen LogP contribution in [0.1, 0.15) is 72.1 Å². The van der Waals surface area contributed by atoms with E-state index in [1.165, 1.54) is 31.3 Å². The first-order chi connectivity index (χ1) is 9.80. The lowest BCUT2D eigenvalue weighted by atomic mass is 9.46. The molecule has 4 aliphatic carbocycles. The van der Waals surface area contributed by atoms with Crippen LogP contribution in [-0.2, 0) is 0 Å². The van der Waals surface area contributed by atoms with Gasteiger partial charge >= 0.3 is 0 Å². The van der Waals surface area contributed by atoms with E-state index in [2.05, 4.69) is 32.7 Å². The van der Waals surface area contributed by atoms with Crippen LogP contribution in [0.4, 0.5) is 0 Å². The lowest BCUT2D eigenvalue weighted by molar-refractivity contribution is -0.172. The highest BCUT2D eigenvalue weighted by atomic mass is 16.3. The van der Waals surface area contributed by atoms with Crippen molar-refractivity contribution < 1.29 is 5.11 Å². The molecule has 4 aliphatic rings. The van der Waals surface area contributed by atoms with Crippen molar-refractivity contribution in [3.8, 4) is 0 Å². The Hall–Kier alpha value is -0.340. The number of rotatable bonds is 6. The van der Waals surface area contributed by atoms with Gasteiger partial charge in [0.1, 0.15) is 0 Å². The molecule has 0 spiro atoms. The molecule has 120 valence electrons. The van der Waals surface area contributed by atoms with Gasteiger partial charge in [-0.15, -0.1) is 6.58 Å². The summed E-state index contributed by atoms with van der Waals surface area (Å²) in [4.78, 5) is 0. The van der Waals surface area contributed by atoms with Crippen LogP contribution in [0, 0.1) is 17.3 Å². The van der Waals surface area contributed by atoms with E-state index in [1.807, 2.05) is 0 Å². The highest BCUT2D eigenvalue weighted by molar-refractivity contribution is 5.11. The van der Waals surface area contributed by atoms with Gasteiger partial charge < -0.3 is 10.4 Å². The third-order valence-electron chi connectivity index (χ3n) is 6.53. The zero-order valence-electron chi connectivity index (χ0n) is 14.1. The Morgan fingerprint density at radius 3 is 2.38 bits per heavy atom. The van der Waals surface area contributed by atoms with Gasteiger partial charge in [0.05, 0.1) is 5.60 Å². The Bertz CT molecular complexity index is 402. The van der Waals surface area contributed by atoms with Crippen molar-refractivity contribution in [1.29, 1.82) is 0 Å². The molecule has 21 heavy (non-hydrogen) atoms. The van der Waals surface area contributed by atoms with Gasteiger partial charge in [-0.3, -0.25) is 0 Å². The molecule has 0 amide bonds. The highest BCUT2D eigenvalue weighted by Gasteiger charge is 2.58. The molecule has 4 fully saturated rings. The molecule has 0 heterocycles. The standard InChI is InChI=1S/C19H33NO/c1-13(2)5-6-14(3)20-15(4)18-8-16-7-17(9-18)11-19(21,10-16)12-18/h14-17,20-21H,1,5-12H2,2-4H3/t14-,15-,16+,17+,18?,19?/m0/s1. The van der Waals surface area contributed by atoms with Crippen molar-refractivity contribution in [3.05, 3.63) is 12.2 Å². The van der Waals surface area contributed by atoms with Gasteiger partial charge in [-0.1, -0.05) is 5.57 Å². The van der Waals surface area contributed by atoms with Gasteiger partial charge in [0, 0.05) is 12.1 Å². The van der Waals surface area contributed by atoms with Gasteiger partial charge in [0.15, 0.2) is 0 Å². The monoisotopic (exact) mass is 291 g/mol. The highest BCUT2D eigenvalue weighted by Crippen LogP contribution is 2.62. The van der Waals surface area contributed by atoms with E-state index in [1.54, 1.807) is 0 Å². The molecule has 0 saturated heterocycles. The van der Waals surface area contributed by atoms with Crippen LogP contribution in [0.25, 0.3) is 0 Å². The molecule has 4 rings (SSSR count). The molecule has 4 bridgehead atoms. The third-order valence-corrected chi connectivity index (χ3v) is 6.53. The minimum absolute atomic E-state index is 0.332. The van der Waals surface area contributed by atoms with E-state index < -0.39 is 0 Å². The van der Waals surface area contributed by atoms with Gasteiger partial charge in [-0.05, 0) is 89.4 Å². The summed E-state index contributed by atoms with van der Waals surface area (Å²) in [5.74, 6) is 1.57. The fraction of sp³-hybridized carbons (Fsp3) is 0.895. The zero-order chi connectivity index (χ0) is 15.3. The van der Waals surface area contributed by atoms with Crippen LogP contribution in [0.15, 0.2) is 12.2 Å². The van der Waals surface area contributed by atoms with Crippen LogP contribution in [-0.4, -0.2) is 22.8 Å². The van der Waals surface area contributed by atoms with E-state index in [0.29, 0.717) is 17.5 Å². The minimum atomic E-state index is -0.332. The number of nitrogens with one attached hydrogen (secondary N) is 1. The summed E-state index contributed by atoms with van der Waals surface area (Å²) in [5.41, 5.74) is 1.30. The summed E-state index contributed by atoms with van der Waals surface area (Å²) in [6.45, 7) is 10.8. The SMILES string of the molecule is C=C(C)CC[C@H](C)N[C@@H](C)C12C[C@H]3C[C@@H](CC(O)(C3)C1)C2. The summed E-state index contributed by atoms with van der Waals surface area (Å²) >= 11 is 0. The minimum Gasteiger partial charge on any atom is -0.390 e. The maximum Gasteiger partial charge on any atom is 0.0659 e. The number of allylic oxidation sites excluding steroid dienone is 1. The Morgan fingerprint density at radius 1 is 1.24 bits per heavy atom. The Morgan fingerprint density at radius 2 is 1.86 bits per heavy atom. The lowest BCUT2D eigenvalue weighted by Crippen LogP contribution is -2.61. The predicted octanol–water partition coefficient (Wildman–Crippen LogP) is 4.04. The summed E-state index contributed by atoms with van der Waals surface area (Å²) < 4.78 is 0. The average molecular weight is 291 g/mol. The first-order valence-corrected chi connectivity index (χ1v) is 8.93. The van der Waals surface area contributed by atoms with Crippen LogP contribution in [0.3, 0.4) is 0 Å². The number of aliphatic hydroxyl groups is 1. The first kappa shape index (κ1) is 15.6. The van der Waals surface area contributed by atoms with Crippen molar-refractivity contribution in [2.45, 2.75) is 89.8 Å². The fourth-order valence-electron chi connectivity index (χ4n) is 5.94. The molecule has 0 unspecified atom stereocenters. The van der Waals surface area contributed by atoms with Crippen molar-refractivity contribution in [3.63, 3.8) is 0 Å². The first-order valence-electron chi connectivity index (χ1n) is 8.93. The average Bonchev–Trinajstić information content (AvgIpc) is 2.33. The molecule has 2 nitrogen and oxygen atoms in total. The van der Waals surface area contributed by atoms with Gasteiger partial charge in [0.25, 0.3) is 0 Å². The largest absolute Gasteiger partial charge is 0.390 e. The smallest absolute Gasteiger partial charge is 0.0659 e. The second kappa shape index (κ2) is 5.38. The summed E-state index contributed by atoms with van der Waals surface area (Å²) in [5, 5.41) is 14.7. The summed E-state index contributed by atoms with van der Waals surface area (Å²) in [6.07, 6.45) is 9.53. The fourth-order valence-corrected chi connectivity index (χ4v) is 5.94. The molecular weight excluding hydrogens is 258 g/mol. The summed E-state index contributed by atoms with van der Waals surface area (Å²) in [7, 11) is 0. The van der Waals surface area contributed by atoms with E-state index in [4.69, 9.17) is 0 Å². The van der Waals surface area contributed by atoms with E-state index in [0.717, 1.165) is 37.5 Å². The van der Waals surface area contributed by atoms with Gasteiger partial charge in [0.2, 0.25) is 0 Å². The van der Waals surface area contributed by atoms with Crippen molar-refractivity contribution in [2.75, 3.05) is 0 Å². The van der Waals surface area contributed by atoms with E-state index >= 15 is 0 Å². The van der Waals surface area contributed by atoms with Crippen molar-refractivity contribution >= 4 is 0 Å². The van der Waals surface area contributed by atoms with Gasteiger partial charge in [-0.2, -0.15) is 0 Å². The van der Waals surface area contributed by atoms with Crippen molar-refractivity contribution in [2.24, 2.45) is 17.3 Å². The van der Waals surface area contributed by atoms with Crippen molar-refractivity contribution in [1.82, 2.24) is 5.32 Å². The predicted molar refractivity (Wildman–Crippen MR) is 88.2 cm³/mol. The lowest BCUT2D eigenvalue weighted by Gasteiger charge is -2.62. The zero-order valence-corrected chi connectivity index (χ0v) is 14.1. The molecule has 2 heteroatoms. The molecule has 0 aromatic rings. The molecule has 0 aromatic carbocycles. The van der Waals surface area contributed by atoms with Crippen LogP contribution in [0.5, 0.6) is 0 Å². The molecule has 0 radical (unpaired) electrons. The van der Waals surface area contributed by atoms with Crippen LogP contribution in [0.2, 0.25) is 0 Å². The van der Waals surface area contributed by atoms with E-state index in [9.17, 15) is 5.11 Å². The Labute approximate surface area is 130 Å². The number of hydrogen-bond donors (Lipinski definition) is 2. The second-order valence-corrected chi connectivity index (χ2v) is 8.83. The second-order valence-electron chi connectivity index (χ2n) is 8.83. The molecule has 4 saturated carbocycles. The Balaban J connectivity index is 1.64.